The normalized spacial score (nSPS) is 10.8. The highest BCUT2D eigenvalue weighted by molar-refractivity contribution is 5.79. The van der Waals surface area contributed by atoms with Crippen LogP contribution in [0, 0.1) is 6.92 Å². The standard InChI is InChI=1S/C17H17N3O/c1-12-8-17(14(10-18-2)11-20-12)21-15-6-5-13-4-3-7-19-16(13)9-15/h3-9,11,18H,10H2,1-2H3. The van der Waals surface area contributed by atoms with Crippen LogP contribution < -0.4 is 10.1 Å². The minimum Gasteiger partial charge on any atom is -0.457 e. The molecule has 0 atom stereocenters. The molecule has 1 N–H and O–H groups in total. The van der Waals surface area contributed by atoms with E-state index in [0.717, 1.165) is 33.7 Å². The Bertz CT molecular complexity index is 771. The highest BCUT2D eigenvalue weighted by atomic mass is 16.5. The van der Waals surface area contributed by atoms with E-state index in [1.54, 1.807) is 6.20 Å². The lowest BCUT2D eigenvalue weighted by Crippen LogP contribution is -2.07. The van der Waals surface area contributed by atoms with E-state index in [4.69, 9.17) is 4.74 Å². The summed E-state index contributed by atoms with van der Waals surface area (Å²) in [5, 5.41) is 4.23. The van der Waals surface area contributed by atoms with Gasteiger partial charge in [-0.1, -0.05) is 6.07 Å². The number of fused-ring (bicyclic) bond motifs is 1. The van der Waals surface area contributed by atoms with E-state index in [2.05, 4.69) is 15.3 Å². The fourth-order valence-electron chi connectivity index (χ4n) is 2.22. The number of nitrogens with one attached hydrogen (secondary N) is 1. The molecule has 0 amide bonds. The first kappa shape index (κ1) is 13.5. The van der Waals surface area contributed by atoms with Gasteiger partial charge in [0.1, 0.15) is 11.5 Å². The van der Waals surface area contributed by atoms with Gasteiger partial charge < -0.3 is 10.1 Å². The molecule has 4 nitrogen and oxygen atoms in total. The van der Waals surface area contributed by atoms with Crippen LogP contribution in [-0.2, 0) is 6.54 Å². The Hall–Kier alpha value is -2.46. The molecular formula is C17H17N3O. The van der Waals surface area contributed by atoms with E-state index in [-0.39, 0.29) is 0 Å². The maximum Gasteiger partial charge on any atom is 0.135 e. The maximum absolute atomic E-state index is 6.03. The van der Waals surface area contributed by atoms with Crippen molar-refractivity contribution < 1.29 is 4.74 Å². The SMILES string of the molecule is CNCc1cnc(C)cc1Oc1ccc2cccnc2c1. The van der Waals surface area contributed by atoms with Crippen molar-refractivity contribution >= 4 is 10.9 Å². The number of aromatic nitrogens is 2. The molecule has 0 saturated carbocycles. The third-order valence-corrected chi connectivity index (χ3v) is 3.25. The Morgan fingerprint density at radius 1 is 1.14 bits per heavy atom. The van der Waals surface area contributed by atoms with Gasteiger partial charge in [-0.15, -0.1) is 0 Å². The molecule has 2 aromatic heterocycles. The van der Waals surface area contributed by atoms with E-state index in [1.807, 2.05) is 56.6 Å². The summed E-state index contributed by atoms with van der Waals surface area (Å²) in [5.74, 6) is 1.61. The molecule has 106 valence electrons. The van der Waals surface area contributed by atoms with Crippen molar-refractivity contribution in [2.75, 3.05) is 7.05 Å². The summed E-state index contributed by atoms with van der Waals surface area (Å²) < 4.78 is 6.03. The molecular weight excluding hydrogens is 262 g/mol. The van der Waals surface area contributed by atoms with Gasteiger partial charge in [-0.05, 0) is 32.2 Å². The second kappa shape index (κ2) is 5.89. The van der Waals surface area contributed by atoms with Crippen molar-refractivity contribution in [3.05, 3.63) is 60.0 Å². The van der Waals surface area contributed by atoms with Gasteiger partial charge >= 0.3 is 0 Å². The van der Waals surface area contributed by atoms with Gasteiger partial charge in [-0.3, -0.25) is 9.97 Å². The lowest BCUT2D eigenvalue weighted by Gasteiger charge is -2.12. The van der Waals surface area contributed by atoms with E-state index in [9.17, 15) is 0 Å². The van der Waals surface area contributed by atoms with Gasteiger partial charge in [0.25, 0.3) is 0 Å². The molecule has 3 aromatic rings. The van der Waals surface area contributed by atoms with Crippen LogP contribution in [0.15, 0.2) is 48.8 Å². The van der Waals surface area contributed by atoms with E-state index in [1.165, 1.54) is 0 Å². The summed E-state index contributed by atoms with van der Waals surface area (Å²) >= 11 is 0. The summed E-state index contributed by atoms with van der Waals surface area (Å²) in [7, 11) is 1.91. The van der Waals surface area contributed by atoms with Crippen molar-refractivity contribution in [1.29, 1.82) is 0 Å². The van der Waals surface area contributed by atoms with Crippen LogP contribution in [0.25, 0.3) is 10.9 Å². The predicted octanol–water partition coefficient (Wildman–Crippen LogP) is 3.45. The first-order chi connectivity index (χ1) is 10.3. The largest absolute Gasteiger partial charge is 0.457 e. The Labute approximate surface area is 123 Å². The second-order valence-electron chi connectivity index (χ2n) is 4.92. The first-order valence-electron chi connectivity index (χ1n) is 6.89. The number of pyridine rings is 2. The molecule has 0 radical (unpaired) electrons. The molecule has 1 aromatic carbocycles. The Kier molecular flexibility index (Phi) is 3.79. The highest BCUT2D eigenvalue weighted by Gasteiger charge is 2.07. The average Bonchev–Trinajstić information content (AvgIpc) is 2.50. The molecule has 0 bridgehead atoms. The third-order valence-electron chi connectivity index (χ3n) is 3.25. The average molecular weight is 279 g/mol. The smallest absolute Gasteiger partial charge is 0.135 e. The third kappa shape index (κ3) is 3.01. The monoisotopic (exact) mass is 279 g/mol. The molecule has 0 unspecified atom stereocenters. The minimum absolute atomic E-state index is 0.717. The molecule has 4 heteroatoms. The Morgan fingerprint density at radius 2 is 2.05 bits per heavy atom. The Morgan fingerprint density at radius 3 is 2.90 bits per heavy atom. The number of rotatable bonds is 4. The zero-order valence-electron chi connectivity index (χ0n) is 12.1. The number of benzene rings is 1. The molecule has 0 aliphatic carbocycles. The van der Waals surface area contributed by atoms with Crippen molar-refractivity contribution in [1.82, 2.24) is 15.3 Å². The summed E-state index contributed by atoms with van der Waals surface area (Å²) in [6, 6.07) is 11.9. The van der Waals surface area contributed by atoms with E-state index < -0.39 is 0 Å². The zero-order valence-corrected chi connectivity index (χ0v) is 12.1. The lowest BCUT2D eigenvalue weighted by molar-refractivity contribution is 0.473. The number of hydrogen-bond donors (Lipinski definition) is 1. The molecule has 0 aliphatic heterocycles. The zero-order chi connectivity index (χ0) is 14.7. The minimum atomic E-state index is 0.717. The summed E-state index contributed by atoms with van der Waals surface area (Å²) in [5.41, 5.74) is 2.89. The van der Waals surface area contributed by atoms with Gasteiger partial charge in [-0.25, -0.2) is 0 Å². The van der Waals surface area contributed by atoms with Crippen LogP contribution in [0.5, 0.6) is 11.5 Å². The Balaban J connectivity index is 1.95. The molecule has 0 saturated heterocycles. The van der Waals surface area contributed by atoms with Crippen LogP contribution in [0.1, 0.15) is 11.3 Å². The van der Waals surface area contributed by atoms with Gasteiger partial charge in [0, 0.05) is 47.7 Å². The van der Waals surface area contributed by atoms with Gasteiger partial charge in [-0.2, -0.15) is 0 Å². The van der Waals surface area contributed by atoms with Gasteiger partial charge in [0.2, 0.25) is 0 Å². The molecule has 0 fully saturated rings. The predicted molar refractivity (Wildman–Crippen MR) is 83.6 cm³/mol. The summed E-state index contributed by atoms with van der Waals surface area (Å²) in [4.78, 5) is 8.67. The number of nitrogens with zero attached hydrogens (tertiary/aromatic N) is 2. The summed E-state index contributed by atoms with van der Waals surface area (Å²) in [6.45, 7) is 2.67. The first-order valence-corrected chi connectivity index (χ1v) is 6.89. The number of ether oxygens (including phenoxy) is 1. The topological polar surface area (TPSA) is 47.0 Å². The van der Waals surface area contributed by atoms with Crippen LogP contribution in [0.3, 0.4) is 0 Å². The fraction of sp³-hybridized carbons (Fsp3) is 0.176. The van der Waals surface area contributed by atoms with Crippen LogP contribution >= 0.6 is 0 Å². The molecule has 0 aliphatic rings. The fourth-order valence-corrected chi connectivity index (χ4v) is 2.22. The van der Waals surface area contributed by atoms with Crippen LogP contribution in [0.2, 0.25) is 0 Å². The molecule has 3 rings (SSSR count). The quantitative estimate of drug-likeness (QED) is 0.794. The van der Waals surface area contributed by atoms with Crippen LogP contribution in [-0.4, -0.2) is 17.0 Å². The highest BCUT2D eigenvalue weighted by Crippen LogP contribution is 2.27. The molecule has 2 heterocycles. The maximum atomic E-state index is 6.03. The van der Waals surface area contributed by atoms with Crippen molar-refractivity contribution in [3.63, 3.8) is 0 Å². The second-order valence-corrected chi connectivity index (χ2v) is 4.92. The van der Waals surface area contributed by atoms with Crippen molar-refractivity contribution in [2.24, 2.45) is 0 Å². The lowest BCUT2D eigenvalue weighted by atomic mass is 10.2. The van der Waals surface area contributed by atoms with Gasteiger partial charge in [0.05, 0.1) is 5.52 Å². The molecule has 0 spiro atoms. The molecule has 21 heavy (non-hydrogen) atoms. The summed E-state index contributed by atoms with van der Waals surface area (Å²) in [6.07, 6.45) is 3.63. The van der Waals surface area contributed by atoms with E-state index in [0.29, 0.717) is 6.54 Å². The van der Waals surface area contributed by atoms with Gasteiger partial charge in [0.15, 0.2) is 0 Å². The van der Waals surface area contributed by atoms with Crippen LogP contribution in [0.4, 0.5) is 0 Å². The van der Waals surface area contributed by atoms with Crippen molar-refractivity contribution in [3.8, 4) is 11.5 Å². The number of hydrogen-bond acceptors (Lipinski definition) is 4. The van der Waals surface area contributed by atoms with Crippen molar-refractivity contribution in [2.45, 2.75) is 13.5 Å². The number of aryl methyl sites for hydroxylation is 1. The van der Waals surface area contributed by atoms with E-state index >= 15 is 0 Å².